The lowest BCUT2D eigenvalue weighted by atomic mass is 10.0. The lowest BCUT2D eigenvalue weighted by molar-refractivity contribution is 0.0507. The Bertz CT molecular complexity index is 569. The van der Waals surface area contributed by atoms with Crippen LogP contribution in [0.2, 0.25) is 0 Å². The van der Waals surface area contributed by atoms with Gasteiger partial charge in [-0.25, -0.2) is 0 Å². The van der Waals surface area contributed by atoms with Crippen LogP contribution in [-0.4, -0.2) is 15.7 Å². The molecule has 0 fully saturated rings. The molecule has 106 valence electrons. The molecule has 1 atom stereocenters. The van der Waals surface area contributed by atoms with Gasteiger partial charge in [0.25, 0.3) is 5.91 Å². The van der Waals surface area contributed by atoms with Crippen molar-refractivity contribution in [2.75, 3.05) is 0 Å². The molecule has 0 aliphatic heterocycles. The van der Waals surface area contributed by atoms with E-state index >= 15 is 0 Å². The molecule has 0 saturated heterocycles. The molecule has 0 bridgehead atoms. The van der Waals surface area contributed by atoms with Gasteiger partial charge in [-0.15, -0.1) is 0 Å². The molecule has 4 nitrogen and oxygen atoms in total. The molecule has 1 amide bonds. The minimum Gasteiger partial charge on any atom is -0.344 e. The molecule has 6 heteroatoms. The number of hydrogen-bond donors (Lipinski definition) is 1. The molecule has 1 heterocycles. The van der Waals surface area contributed by atoms with E-state index in [-0.39, 0.29) is 11.7 Å². The molecule has 0 unspecified atom stereocenters. The highest BCUT2D eigenvalue weighted by Crippen LogP contribution is 2.18. The monoisotopic (exact) mass is 279 g/mol. The van der Waals surface area contributed by atoms with Gasteiger partial charge in [-0.05, 0) is 18.1 Å². The van der Waals surface area contributed by atoms with E-state index in [0.29, 0.717) is 11.1 Å². The van der Waals surface area contributed by atoms with Crippen LogP contribution in [-0.2, 0) is 0 Å². The quantitative estimate of drug-likeness (QED) is 0.913. The molecule has 20 heavy (non-hydrogen) atoms. The Morgan fingerprint density at radius 3 is 2.60 bits per heavy atom. The predicted molar refractivity (Wildman–Crippen MR) is 70.4 cm³/mol. The van der Waals surface area contributed by atoms with Crippen LogP contribution in [0.3, 0.4) is 0 Å². The number of benzene rings is 1. The number of halogens is 2. The highest BCUT2D eigenvalue weighted by Gasteiger charge is 2.20. The number of hydrogen-bond acceptors (Lipinski definition) is 2. The van der Waals surface area contributed by atoms with Crippen LogP contribution in [0.15, 0.2) is 42.6 Å². The molecular formula is C14H15F2N3O. The highest BCUT2D eigenvalue weighted by molar-refractivity contribution is 5.92. The zero-order chi connectivity index (χ0) is 14.5. The Kier molecular flexibility index (Phi) is 4.45. The molecular weight excluding hydrogens is 264 g/mol. The fraction of sp³-hybridized carbons (Fsp3) is 0.286. The Hall–Kier alpha value is -2.24. The zero-order valence-corrected chi connectivity index (χ0v) is 11.0. The molecule has 0 aliphatic carbocycles. The van der Waals surface area contributed by atoms with E-state index in [4.69, 9.17) is 0 Å². The molecule has 2 rings (SSSR count). The van der Waals surface area contributed by atoms with Gasteiger partial charge in [-0.3, -0.25) is 4.79 Å². The van der Waals surface area contributed by atoms with Crippen molar-refractivity contribution in [1.29, 1.82) is 0 Å². The maximum Gasteiger partial charge on any atom is 0.333 e. The molecule has 0 spiro atoms. The summed E-state index contributed by atoms with van der Waals surface area (Å²) < 4.78 is 25.8. The first-order chi connectivity index (χ1) is 9.63. The van der Waals surface area contributed by atoms with Crippen molar-refractivity contribution >= 4 is 5.91 Å². The first-order valence-electron chi connectivity index (χ1n) is 6.31. The number of nitrogens with one attached hydrogen (secondary N) is 1. The summed E-state index contributed by atoms with van der Waals surface area (Å²) in [5.41, 5.74) is 0.792. The van der Waals surface area contributed by atoms with E-state index < -0.39 is 12.5 Å². The summed E-state index contributed by atoms with van der Waals surface area (Å²) in [5, 5.41) is 6.20. The van der Waals surface area contributed by atoms with Crippen LogP contribution in [0.4, 0.5) is 8.78 Å². The van der Waals surface area contributed by atoms with Crippen molar-refractivity contribution in [2.45, 2.75) is 25.9 Å². The highest BCUT2D eigenvalue weighted by atomic mass is 19.3. The third-order valence-electron chi connectivity index (χ3n) is 3.00. The second kappa shape index (κ2) is 6.27. The van der Waals surface area contributed by atoms with Gasteiger partial charge in [0.15, 0.2) is 0 Å². The van der Waals surface area contributed by atoms with Crippen molar-refractivity contribution in [3.63, 3.8) is 0 Å². The SMILES string of the molecule is CC[C@H](NC(=O)c1ccnn1C(F)F)c1ccccc1. The summed E-state index contributed by atoms with van der Waals surface area (Å²) >= 11 is 0. The maximum atomic E-state index is 12.7. The van der Waals surface area contributed by atoms with E-state index in [1.165, 1.54) is 12.3 Å². The van der Waals surface area contributed by atoms with Gasteiger partial charge in [0.05, 0.1) is 6.04 Å². The van der Waals surface area contributed by atoms with Crippen molar-refractivity contribution in [3.05, 3.63) is 53.9 Å². The van der Waals surface area contributed by atoms with Gasteiger partial charge in [0, 0.05) is 6.20 Å². The second-order valence-corrected chi connectivity index (χ2v) is 4.28. The normalized spacial score (nSPS) is 12.4. The maximum absolute atomic E-state index is 12.7. The lowest BCUT2D eigenvalue weighted by Gasteiger charge is -2.17. The topological polar surface area (TPSA) is 46.9 Å². The minimum atomic E-state index is -2.83. The zero-order valence-electron chi connectivity index (χ0n) is 11.0. The van der Waals surface area contributed by atoms with Crippen LogP contribution in [0.25, 0.3) is 0 Å². The van der Waals surface area contributed by atoms with E-state index in [0.717, 1.165) is 5.56 Å². The van der Waals surface area contributed by atoms with Crippen LogP contribution < -0.4 is 5.32 Å². The number of amides is 1. The Labute approximate surface area is 115 Å². The molecule has 0 saturated carbocycles. The minimum absolute atomic E-state index is 0.144. The summed E-state index contributed by atoms with van der Waals surface area (Å²) in [6.45, 7) is -0.912. The smallest absolute Gasteiger partial charge is 0.333 e. The fourth-order valence-electron chi connectivity index (χ4n) is 1.99. The van der Waals surface area contributed by atoms with Crippen LogP contribution in [0.1, 0.15) is 42.0 Å². The van der Waals surface area contributed by atoms with Gasteiger partial charge in [0.1, 0.15) is 5.69 Å². The molecule has 1 N–H and O–H groups in total. The van der Waals surface area contributed by atoms with E-state index in [9.17, 15) is 13.6 Å². The number of carbonyl (C=O) groups excluding carboxylic acids is 1. The van der Waals surface area contributed by atoms with Gasteiger partial charge < -0.3 is 5.32 Å². The van der Waals surface area contributed by atoms with Gasteiger partial charge >= 0.3 is 6.55 Å². The van der Waals surface area contributed by atoms with Crippen molar-refractivity contribution in [1.82, 2.24) is 15.1 Å². The summed E-state index contributed by atoms with van der Waals surface area (Å²) in [6.07, 6.45) is 1.85. The summed E-state index contributed by atoms with van der Waals surface area (Å²) in [5.74, 6) is -0.557. The fourth-order valence-corrected chi connectivity index (χ4v) is 1.99. The predicted octanol–water partition coefficient (Wildman–Crippen LogP) is 3.16. The van der Waals surface area contributed by atoms with Crippen LogP contribution in [0.5, 0.6) is 0 Å². The summed E-state index contributed by atoms with van der Waals surface area (Å²) in [7, 11) is 0. The van der Waals surface area contributed by atoms with Crippen LogP contribution in [0, 0.1) is 0 Å². The number of carbonyl (C=O) groups is 1. The van der Waals surface area contributed by atoms with Gasteiger partial charge in [-0.1, -0.05) is 37.3 Å². The molecule has 0 aliphatic rings. The average Bonchev–Trinajstić information content (AvgIpc) is 2.95. The Morgan fingerprint density at radius 2 is 2.00 bits per heavy atom. The van der Waals surface area contributed by atoms with E-state index in [2.05, 4.69) is 10.4 Å². The standard InChI is InChI=1S/C14H15F2N3O/c1-2-11(10-6-4-3-5-7-10)18-13(20)12-8-9-17-19(12)14(15)16/h3-9,11,14H,2H2,1H3,(H,18,20)/t11-/m0/s1. The number of aromatic nitrogens is 2. The average molecular weight is 279 g/mol. The molecule has 0 radical (unpaired) electrons. The largest absolute Gasteiger partial charge is 0.344 e. The third-order valence-corrected chi connectivity index (χ3v) is 3.00. The van der Waals surface area contributed by atoms with Crippen molar-refractivity contribution < 1.29 is 13.6 Å². The Morgan fingerprint density at radius 1 is 1.30 bits per heavy atom. The van der Waals surface area contributed by atoms with Crippen molar-refractivity contribution in [2.24, 2.45) is 0 Å². The number of nitrogens with zero attached hydrogens (tertiary/aromatic N) is 2. The van der Waals surface area contributed by atoms with Gasteiger partial charge in [0.2, 0.25) is 0 Å². The van der Waals surface area contributed by atoms with Crippen molar-refractivity contribution in [3.8, 4) is 0 Å². The molecule has 2 aromatic rings. The summed E-state index contributed by atoms with van der Waals surface area (Å²) in [6, 6.07) is 10.5. The lowest BCUT2D eigenvalue weighted by Crippen LogP contribution is -2.30. The first kappa shape index (κ1) is 14.2. The second-order valence-electron chi connectivity index (χ2n) is 4.28. The third kappa shape index (κ3) is 3.01. The molecule has 1 aromatic heterocycles. The Balaban J connectivity index is 2.16. The molecule has 1 aromatic carbocycles. The number of rotatable bonds is 5. The summed E-state index contributed by atoms with van der Waals surface area (Å²) in [4.78, 5) is 12.1. The van der Waals surface area contributed by atoms with Crippen LogP contribution >= 0.6 is 0 Å². The van der Waals surface area contributed by atoms with Gasteiger partial charge in [-0.2, -0.15) is 18.6 Å². The van der Waals surface area contributed by atoms with E-state index in [1.54, 1.807) is 0 Å². The number of alkyl halides is 2. The first-order valence-corrected chi connectivity index (χ1v) is 6.31. The van der Waals surface area contributed by atoms with E-state index in [1.807, 2.05) is 37.3 Å².